The number of alkyl halides is 1. The molecular weight excluding hydrogens is 226 g/mol. The van der Waals surface area contributed by atoms with Gasteiger partial charge in [-0.2, -0.15) is 0 Å². The lowest BCUT2D eigenvalue weighted by molar-refractivity contribution is -0.141. The second kappa shape index (κ2) is 5.87. The first-order chi connectivity index (χ1) is 7.51. The summed E-state index contributed by atoms with van der Waals surface area (Å²) in [6, 6.07) is 0. The van der Waals surface area contributed by atoms with Crippen molar-refractivity contribution in [3.8, 4) is 0 Å². The van der Waals surface area contributed by atoms with Gasteiger partial charge in [-0.3, -0.25) is 4.79 Å². The number of rotatable bonds is 4. The monoisotopic (exact) mass is 247 g/mol. The van der Waals surface area contributed by atoms with Crippen molar-refractivity contribution in [2.24, 2.45) is 11.3 Å². The third-order valence-electron chi connectivity index (χ3n) is 3.12. The van der Waals surface area contributed by atoms with Gasteiger partial charge in [-0.1, -0.05) is 0 Å². The first-order valence-electron chi connectivity index (χ1n) is 5.85. The molecule has 0 aromatic heterocycles. The van der Waals surface area contributed by atoms with Crippen LogP contribution in [-0.4, -0.2) is 43.5 Å². The zero-order valence-corrected chi connectivity index (χ0v) is 11.2. The summed E-state index contributed by atoms with van der Waals surface area (Å²) in [7, 11) is 1.71. The Kier molecular flexibility index (Phi) is 5.06. The Hall–Kier alpha value is -0.280. The molecule has 0 aromatic rings. The van der Waals surface area contributed by atoms with E-state index >= 15 is 0 Å². The van der Waals surface area contributed by atoms with Gasteiger partial charge >= 0.3 is 0 Å². The number of piperidine rings is 1. The number of methoxy groups -OCH3 is 1. The van der Waals surface area contributed by atoms with Crippen LogP contribution >= 0.6 is 11.6 Å². The summed E-state index contributed by atoms with van der Waals surface area (Å²) < 4.78 is 5.16. The van der Waals surface area contributed by atoms with E-state index in [1.165, 1.54) is 0 Å². The quantitative estimate of drug-likeness (QED) is 0.713. The molecule has 0 saturated carbocycles. The number of halogens is 1. The smallest absolute Gasteiger partial charge is 0.229 e. The fourth-order valence-corrected chi connectivity index (χ4v) is 2.22. The Morgan fingerprint density at radius 2 is 2.25 bits per heavy atom. The molecule has 0 bridgehead atoms. The fourth-order valence-electron chi connectivity index (χ4n) is 2.11. The highest BCUT2D eigenvalue weighted by atomic mass is 35.5. The van der Waals surface area contributed by atoms with Gasteiger partial charge in [0.25, 0.3) is 0 Å². The van der Waals surface area contributed by atoms with Crippen LogP contribution in [0.2, 0.25) is 0 Å². The number of hydrogen-bond acceptors (Lipinski definition) is 2. The van der Waals surface area contributed by atoms with Crippen LogP contribution in [0, 0.1) is 11.3 Å². The Morgan fingerprint density at radius 3 is 2.81 bits per heavy atom. The maximum absolute atomic E-state index is 12.2. The predicted molar refractivity (Wildman–Crippen MR) is 65.7 cm³/mol. The van der Waals surface area contributed by atoms with E-state index in [-0.39, 0.29) is 5.91 Å². The Morgan fingerprint density at radius 1 is 1.56 bits per heavy atom. The van der Waals surface area contributed by atoms with Gasteiger partial charge in [0, 0.05) is 26.1 Å². The highest BCUT2D eigenvalue weighted by molar-refractivity contribution is 6.19. The van der Waals surface area contributed by atoms with Crippen LogP contribution in [0.3, 0.4) is 0 Å². The van der Waals surface area contributed by atoms with Gasteiger partial charge in [0.2, 0.25) is 5.91 Å². The summed E-state index contributed by atoms with van der Waals surface area (Å²) in [5.41, 5.74) is -0.448. The summed E-state index contributed by atoms with van der Waals surface area (Å²) in [5, 5.41) is 0. The SMILES string of the molecule is COCC1CCCN(C(=O)C(C)(C)CCl)C1. The highest BCUT2D eigenvalue weighted by Crippen LogP contribution is 2.25. The molecule has 1 amide bonds. The van der Waals surface area contributed by atoms with Crippen molar-refractivity contribution in [1.29, 1.82) is 0 Å². The lowest BCUT2D eigenvalue weighted by Crippen LogP contribution is -2.47. The molecule has 1 rings (SSSR count). The molecule has 4 heteroatoms. The molecule has 1 atom stereocenters. The van der Waals surface area contributed by atoms with Crippen molar-refractivity contribution in [3.63, 3.8) is 0 Å². The minimum Gasteiger partial charge on any atom is -0.384 e. The molecule has 1 fully saturated rings. The van der Waals surface area contributed by atoms with Crippen LogP contribution in [0.25, 0.3) is 0 Å². The predicted octanol–water partition coefficient (Wildman–Crippen LogP) is 2.14. The maximum atomic E-state index is 12.2. The third kappa shape index (κ3) is 3.36. The number of ether oxygens (including phenoxy) is 1. The van der Waals surface area contributed by atoms with E-state index < -0.39 is 5.41 Å². The minimum absolute atomic E-state index is 0.170. The van der Waals surface area contributed by atoms with Crippen LogP contribution in [0.4, 0.5) is 0 Å². The van der Waals surface area contributed by atoms with E-state index in [4.69, 9.17) is 16.3 Å². The van der Waals surface area contributed by atoms with Crippen molar-refractivity contribution in [3.05, 3.63) is 0 Å². The lowest BCUT2D eigenvalue weighted by atomic mass is 9.91. The maximum Gasteiger partial charge on any atom is 0.229 e. The second-order valence-electron chi connectivity index (χ2n) is 5.23. The van der Waals surface area contributed by atoms with E-state index in [9.17, 15) is 4.79 Å². The molecule has 0 aromatic carbocycles. The first-order valence-corrected chi connectivity index (χ1v) is 6.39. The topological polar surface area (TPSA) is 29.5 Å². The molecule has 1 unspecified atom stereocenters. The van der Waals surface area contributed by atoms with Crippen molar-refractivity contribution in [1.82, 2.24) is 4.90 Å². The van der Waals surface area contributed by atoms with Crippen molar-refractivity contribution < 1.29 is 9.53 Å². The largest absolute Gasteiger partial charge is 0.384 e. The number of likely N-dealkylation sites (tertiary alicyclic amines) is 1. The molecule has 1 aliphatic heterocycles. The minimum atomic E-state index is -0.448. The van der Waals surface area contributed by atoms with Gasteiger partial charge in [0.1, 0.15) is 0 Å². The van der Waals surface area contributed by atoms with Gasteiger partial charge in [0.05, 0.1) is 12.0 Å². The zero-order valence-electron chi connectivity index (χ0n) is 10.5. The number of nitrogens with zero attached hydrogens (tertiary/aromatic N) is 1. The number of hydrogen-bond donors (Lipinski definition) is 0. The lowest BCUT2D eigenvalue weighted by Gasteiger charge is -2.36. The summed E-state index contributed by atoms with van der Waals surface area (Å²) in [6.45, 7) is 6.22. The normalized spacial score (nSPS) is 22.2. The standard InChI is InChI=1S/C12H22ClNO2/c1-12(2,9-13)11(15)14-6-4-5-10(7-14)8-16-3/h10H,4-9H2,1-3H3. The number of amides is 1. The van der Waals surface area contributed by atoms with Crippen LogP contribution in [-0.2, 0) is 9.53 Å². The molecule has 0 N–H and O–H groups in total. The van der Waals surface area contributed by atoms with Crippen LogP contribution in [0.1, 0.15) is 26.7 Å². The Labute approximate surface area is 103 Å². The molecule has 1 saturated heterocycles. The molecular formula is C12H22ClNO2. The molecule has 3 nitrogen and oxygen atoms in total. The van der Waals surface area contributed by atoms with Gasteiger partial charge in [-0.15, -0.1) is 11.6 Å². The molecule has 0 radical (unpaired) electrons. The summed E-state index contributed by atoms with van der Waals surface area (Å²) >= 11 is 5.83. The third-order valence-corrected chi connectivity index (χ3v) is 3.79. The van der Waals surface area contributed by atoms with E-state index in [2.05, 4.69) is 0 Å². The van der Waals surface area contributed by atoms with Gasteiger partial charge in [-0.25, -0.2) is 0 Å². The Balaban J connectivity index is 2.56. The van der Waals surface area contributed by atoms with Gasteiger partial charge in [0.15, 0.2) is 0 Å². The zero-order chi connectivity index (χ0) is 12.2. The van der Waals surface area contributed by atoms with E-state index in [0.29, 0.717) is 11.8 Å². The van der Waals surface area contributed by atoms with Crippen LogP contribution in [0.5, 0.6) is 0 Å². The average molecular weight is 248 g/mol. The highest BCUT2D eigenvalue weighted by Gasteiger charge is 2.33. The second-order valence-corrected chi connectivity index (χ2v) is 5.50. The molecule has 94 valence electrons. The van der Waals surface area contributed by atoms with Crippen LogP contribution < -0.4 is 0 Å². The van der Waals surface area contributed by atoms with E-state index in [1.807, 2.05) is 18.7 Å². The van der Waals surface area contributed by atoms with Crippen molar-refractivity contribution >= 4 is 17.5 Å². The van der Waals surface area contributed by atoms with Crippen molar-refractivity contribution in [2.75, 3.05) is 32.7 Å². The molecule has 0 spiro atoms. The van der Waals surface area contributed by atoms with E-state index in [0.717, 1.165) is 32.5 Å². The molecule has 1 heterocycles. The van der Waals surface area contributed by atoms with Crippen LogP contribution in [0.15, 0.2) is 0 Å². The van der Waals surface area contributed by atoms with E-state index in [1.54, 1.807) is 7.11 Å². The summed E-state index contributed by atoms with van der Waals surface area (Å²) in [4.78, 5) is 14.1. The fraction of sp³-hybridized carbons (Fsp3) is 0.917. The Bertz CT molecular complexity index is 241. The van der Waals surface area contributed by atoms with Gasteiger partial charge in [-0.05, 0) is 32.6 Å². The summed E-state index contributed by atoms with van der Waals surface area (Å²) in [5.74, 6) is 1.02. The average Bonchev–Trinajstić information content (AvgIpc) is 2.29. The first kappa shape index (κ1) is 13.8. The number of carbonyl (C=O) groups is 1. The van der Waals surface area contributed by atoms with Crippen molar-refractivity contribution in [2.45, 2.75) is 26.7 Å². The molecule has 0 aliphatic carbocycles. The molecule has 16 heavy (non-hydrogen) atoms. The molecule has 1 aliphatic rings. The number of carbonyl (C=O) groups excluding carboxylic acids is 1. The summed E-state index contributed by atoms with van der Waals surface area (Å²) in [6.07, 6.45) is 2.22. The van der Waals surface area contributed by atoms with Gasteiger partial charge < -0.3 is 9.64 Å².